The van der Waals surface area contributed by atoms with Crippen molar-refractivity contribution >= 4 is 15.9 Å². The monoisotopic (exact) mass is 340 g/mol. The summed E-state index contributed by atoms with van der Waals surface area (Å²) in [6, 6.07) is 4.88. The van der Waals surface area contributed by atoms with Gasteiger partial charge in [0.05, 0.1) is 7.11 Å². The Morgan fingerprint density at radius 2 is 2.15 bits per heavy atom. The van der Waals surface area contributed by atoms with Gasteiger partial charge in [0, 0.05) is 22.6 Å². The minimum Gasteiger partial charge on any atom is -0.496 e. The van der Waals surface area contributed by atoms with Crippen LogP contribution in [0, 0.1) is 5.92 Å². The van der Waals surface area contributed by atoms with Crippen molar-refractivity contribution in [3.63, 3.8) is 0 Å². The van der Waals surface area contributed by atoms with Gasteiger partial charge in [-0.2, -0.15) is 0 Å². The molecule has 0 bridgehead atoms. The zero-order valence-electron chi connectivity index (χ0n) is 12.8. The highest BCUT2D eigenvalue weighted by Crippen LogP contribution is 2.40. The van der Waals surface area contributed by atoms with Crippen LogP contribution in [0.2, 0.25) is 0 Å². The molecule has 1 aromatic carbocycles. The maximum absolute atomic E-state index is 5.83. The van der Waals surface area contributed by atoms with Crippen LogP contribution in [0.25, 0.3) is 0 Å². The first kappa shape index (κ1) is 15.8. The number of likely N-dealkylation sites (tertiary alicyclic amines) is 1. The Hall–Kier alpha value is -0.580. The normalized spacial score (nSPS) is 23.6. The Labute approximate surface area is 130 Å². The van der Waals surface area contributed by atoms with E-state index in [0.29, 0.717) is 17.9 Å². The van der Waals surface area contributed by atoms with E-state index in [1.807, 2.05) is 0 Å². The van der Waals surface area contributed by atoms with Gasteiger partial charge < -0.3 is 10.5 Å². The molecule has 1 aromatic rings. The van der Waals surface area contributed by atoms with Gasteiger partial charge in [0.15, 0.2) is 0 Å². The number of nitrogens with two attached hydrogens (primary N) is 1. The summed E-state index contributed by atoms with van der Waals surface area (Å²) in [5.41, 5.74) is 8.38. The summed E-state index contributed by atoms with van der Waals surface area (Å²) in [5, 5.41) is 0. The van der Waals surface area contributed by atoms with Gasteiger partial charge in [-0.3, -0.25) is 4.90 Å². The number of hydrogen-bond donors (Lipinski definition) is 1. The lowest BCUT2D eigenvalue weighted by atomic mass is 9.95. The van der Waals surface area contributed by atoms with Crippen molar-refractivity contribution in [1.82, 2.24) is 4.90 Å². The average molecular weight is 341 g/mol. The maximum atomic E-state index is 5.83. The SMILES string of the molecule is COc1cc(C2CC(CN)CN2C)cc(Br)c1C(C)C. The molecule has 2 N–H and O–H groups in total. The second-order valence-corrected chi connectivity index (χ2v) is 6.92. The van der Waals surface area contributed by atoms with Gasteiger partial charge in [-0.1, -0.05) is 29.8 Å². The predicted molar refractivity (Wildman–Crippen MR) is 87.3 cm³/mol. The van der Waals surface area contributed by atoms with Crippen LogP contribution >= 0.6 is 15.9 Å². The Morgan fingerprint density at radius 3 is 2.65 bits per heavy atom. The standard InChI is InChI=1S/C16H25BrN2O/c1-10(2)16-13(17)6-12(7-15(16)20-4)14-5-11(8-18)9-19(14)3/h6-7,10-11,14H,5,8-9,18H2,1-4H3. The molecule has 1 fully saturated rings. The van der Waals surface area contributed by atoms with E-state index in [2.05, 4.69) is 53.9 Å². The van der Waals surface area contributed by atoms with E-state index < -0.39 is 0 Å². The molecule has 0 aliphatic carbocycles. The van der Waals surface area contributed by atoms with Gasteiger partial charge in [-0.05, 0) is 49.5 Å². The van der Waals surface area contributed by atoms with Crippen LogP contribution in [0.3, 0.4) is 0 Å². The van der Waals surface area contributed by atoms with Crippen LogP contribution in [-0.2, 0) is 0 Å². The van der Waals surface area contributed by atoms with E-state index in [-0.39, 0.29) is 0 Å². The molecule has 0 amide bonds. The molecule has 1 heterocycles. The zero-order valence-corrected chi connectivity index (χ0v) is 14.4. The fraction of sp³-hybridized carbons (Fsp3) is 0.625. The second kappa shape index (κ2) is 6.46. The molecule has 112 valence electrons. The highest BCUT2D eigenvalue weighted by molar-refractivity contribution is 9.10. The highest BCUT2D eigenvalue weighted by atomic mass is 79.9. The lowest BCUT2D eigenvalue weighted by Crippen LogP contribution is -2.20. The summed E-state index contributed by atoms with van der Waals surface area (Å²) in [7, 11) is 3.93. The zero-order chi connectivity index (χ0) is 14.9. The number of ether oxygens (including phenoxy) is 1. The fourth-order valence-electron chi connectivity index (χ4n) is 3.20. The number of benzene rings is 1. The van der Waals surface area contributed by atoms with Crippen LogP contribution in [0.1, 0.15) is 43.4 Å². The average Bonchev–Trinajstić information content (AvgIpc) is 2.78. The first-order valence-electron chi connectivity index (χ1n) is 7.25. The molecule has 2 unspecified atom stereocenters. The molecule has 3 nitrogen and oxygen atoms in total. The number of rotatable bonds is 4. The van der Waals surface area contributed by atoms with E-state index >= 15 is 0 Å². The molecule has 1 aliphatic rings. The van der Waals surface area contributed by atoms with Gasteiger partial charge in [0.2, 0.25) is 0 Å². The van der Waals surface area contributed by atoms with E-state index in [9.17, 15) is 0 Å². The predicted octanol–water partition coefficient (Wildman–Crippen LogP) is 3.53. The number of hydrogen-bond acceptors (Lipinski definition) is 3. The smallest absolute Gasteiger partial charge is 0.123 e. The molecule has 0 aromatic heterocycles. The molecule has 0 spiro atoms. The number of nitrogens with zero attached hydrogens (tertiary/aromatic N) is 1. The summed E-state index contributed by atoms with van der Waals surface area (Å²) in [4.78, 5) is 2.40. The van der Waals surface area contributed by atoms with Gasteiger partial charge in [0.25, 0.3) is 0 Å². The number of methoxy groups -OCH3 is 1. The topological polar surface area (TPSA) is 38.5 Å². The van der Waals surface area contributed by atoms with Crippen LogP contribution in [0.5, 0.6) is 5.75 Å². The summed E-state index contributed by atoms with van der Waals surface area (Å²) in [5.74, 6) is 2.01. The van der Waals surface area contributed by atoms with Crippen molar-refractivity contribution in [2.24, 2.45) is 11.7 Å². The quantitative estimate of drug-likeness (QED) is 0.911. The van der Waals surface area contributed by atoms with Crippen molar-refractivity contribution in [3.8, 4) is 5.75 Å². The van der Waals surface area contributed by atoms with Crippen molar-refractivity contribution < 1.29 is 4.74 Å². The largest absolute Gasteiger partial charge is 0.496 e. The van der Waals surface area contributed by atoms with Crippen molar-refractivity contribution in [1.29, 1.82) is 0 Å². The molecule has 20 heavy (non-hydrogen) atoms. The maximum Gasteiger partial charge on any atom is 0.123 e. The molecule has 2 atom stereocenters. The molecule has 0 saturated carbocycles. The molecule has 4 heteroatoms. The Morgan fingerprint density at radius 1 is 1.45 bits per heavy atom. The second-order valence-electron chi connectivity index (χ2n) is 6.07. The summed E-state index contributed by atoms with van der Waals surface area (Å²) < 4.78 is 6.75. The Balaban J connectivity index is 2.36. The first-order chi connectivity index (χ1) is 9.47. The minimum absolute atomic E-state index is 0.437. The van der Waals surface area contributed by atoms with Crippen LogP contribution in [0.4, 0.5) is 0 Å². The third-order valence-electron chi connectivity index (χ3n) is 4.26. The molecule has 1 saturated heterocycles. The van der Waals surface area contributed by atoms with Crippen LogP contribution in [-0.4, -0.2) is 32.1 Å². The molecule has 0 radical (unpaired) electrons. The molecular formula is C16H25BrN2O. The van der Waals surface area contributed by atoms with Gasteiger partial charge in [-0.25, -0.2) is 0 Å². The van der Waals surface area contributed by atoms with E-state index in [0.717, 1.165) is 29.7 Å². The van der Waals surface area contributed by atoms with Crippen LogP contribution < -0.4 is 10.5 Å². The van der Waals surface area contributed by atoms with Crippen LogP contribution in [0.15, 0.2) is 16.6 Å². The Kier molecular flexibility index (Phi) is 5.10. The fourth-order valence-corrected chi connectivity index (χ4v) is 4.12. The lowest BCUT2D eigenvalue weighted by Gasteiger charge is -2.23. The van der Waals surface area contributed by atoms with E-state index in [1.165, 1.54) is 11.1 Å². The molecule has 2 rings (SSSR count). The van der Waals surface area contributed by atoms with Crippen molar-refractivity contribution in [3.05, 3.63) is 27.7 Å². The Bertz CT molecular complexity index is 476. The van der Waals surface area contributed by atoms with Gasteiger partial charge in [-0.15, -0.1) is 0 Å². The third-order valence-corrected chi connectivity index (χ3v) is 4.92. The third kappa shape index (κ3) is 3.02. The molecular weight excluding hydrogens is 316 g/mol. The van der Waals surface area contributed by atoms with E-state index in [4.69, 9.17) is 10.5 Å². The molecule has 1 aliphatic heterocycles. The summed E-state index contributed by atoms with van der Waals surface area (Å²) >= 11 is 3.72. The summed E-state index contributed by atoms with van der Waals surface area (Å²) in [6.07, 6.45) is 1.13. The van der Waals surface area contributed by atoms with E-state index in [1.54, 1.807) is 7.11 Å². The van der Waals surface area contributed by atoms with Gasteiger partial charge in [0.1, 0.15) is 5.75 Å². The highest BCUT2D eigenvalue weighted by Gasteiger charge is 2.30. The summed E-state index contributed by atoms with van der Waals surface area (Å²) in [6.45, 7) is 6.22. The first-order valence-corrected chi connectivity index (χ1v) is 8.04. The lowest BCUT2D eigenvalue weighted by molar-refractivity contribution is 0.312. The van der Waals surface area contributed by atoms with Gasteiger partial charge >= 0.3 is 0 Å². The van der Waals surface area contributed by atoms with Crippen molar-refractivity contribution in [2.45, 2.75) is 32.2 Å². The minimum atomic E-state index is 0.437. The van der Waals surface area contributed by atoms with Crippen molar-refractivity contribution in [2.75, 3.05) is 27.2 Å². The number of halogens is 1.